The zero-order valence-corrected chi connectivity index (χ0v) is 19.4. The summed E-state index contributed by atoms with van der Waals surface area (Å²) in [5, 5.41) is 7.41. The van der Waals surface area contributed by atoms with E-state index >= 15 is 0 Å². The van der Waals surface area contributed by atoms with Gasteiger partial charge < -0.3 is 10.6 Å². The molecule has 176 valence electrons. The number of rotatable bonds is 8. The molecule has 0 unspecified atom stereocenters. The second-order valence-corrected chi connectivity index (χ2v) is 9.13. The molecule has 2 N–H and O–H groups in total. The van der Waals surface area contributed by atoms with E-state index in [-0.39, 0.29) is 24.2 Å². The smallest absolute Gasteiger partial charge is 0.261 e. The Hall–Kier alpha value is -3.52. The summed E-state index contributed by atoms with van der Waals surface area (Å²) in [5.74, 6) is -2.00. The lowest BCUT2D eigenvalue weighted by Crippen LogP contribution is -2.49. The average molecular weight is 480 g/mol. The Morgan fingerprint density at radius 3 is 2.35 bits per heavy atom. The molecule has 3 amide bonds. The topological polar surface area (TPSA) is 78.5 Å². The molecular weight excluding hydrogens is 453 g/mol. The van der Waals surface area contributed by atoms with E-state index in [1.54, 1.807) is 47.8 Å². The Morgan fingerprint density at radius 1 is 0.971 bits per heavy atom. The van der Waals surface area contributed by atoms with Crippen molar-refractivity contribution in [3.8, 4) is 0 Å². The molecule has 1 aromatic heterocycles. The van der Waals surface area contributed by atoms with Gasteiger partial charge in [0.15, 0.2) is 0 Å². The number of para-hydroxylation sites is 1. The van der Waals surface area contributed by atoms with E-state index in [1.165, 1.54) is 29.5 Å². The van der Waals surface area contributed by atoms with Crippen molar-refractivity contribution in [1.29, 1.82) is 0 Å². The SMILES string of the molecule is O=C(NCC(=O)N(c1ccccc1F)[C@@H](C(=O)NC1CCCC1)c1ccccc1)c1cccs1. The van der Waals surface area contributed by atoms with E-state index in [1.807, 2.05) is 6.07 Å². The van der Waals surface area contributed by atoms with Crippen molar-refractivity contribution in [2.24, 2.45) is 0 Å². The van der Waals surface area contributed by atoms with Gasteiger partial charge in [-0.25, -0.2) is 4.39 Å². The molecule has 1 saturated carbocycles. The minimum absolute atomic E-state index is 0.0201. The maximum atomic E-state index is 15.0. The number of carbonyl (C=O) groups is 3. The molecule has 1 fully saturated rings. The molecule has 0 bridgehead atoms. The Kier molecular flexibility index (Phi) is 7.69. The second kappa shape index (κ2) is 11.1. The van der Waals surface area contributed by atoms with Gasteiger partial charge in [-0.15, -0.1) is 11.3 Å². The van der Waals surface area contributed by atoms with E-state index in [0.29, 0.717) is 10.4 Å². The first kappa shape index (κ1) is 23.6. The van der Waals surface area contributed by atoms with Gasteiger partial charge in [0, 0.05) is 6.04 Å². The number of carbonyl (C=O) groups excluding carboxylic acids is 3. The van der Waals surface area contributed by atoms with Gasteiger partial charge in [-0.2, -0.15) is 0 Å². The first-order valence-electron chi connectivity index (χ1n) is 11.3. The van der Waals surface area contributed by atoms with Crippen molar-refractivity contribution < 1.29 is 18.8 Å². The largest absolute Gasteiger partial charge is 0.351 e. The van der Waals surface area contributed by atoms with Gasteiger partial charge in [-0.1, -0.05) is 61.4 Å². The first-order chi connectivity index (χ1) is 16.5. The van der Waals surface area contributed by atoms with Crippen LogP contribution in [0.15, 0.2) is 72.1 Å². The molecule has 1 aliphatic carbocycles. The zero-order valence-electron chi connectivity index (χ0n) is 18.6. The number of hydrogen-bond donors (Lipinski definition) is 2. The standard InChI is InChI=1S/C26H26FN3O3S/c27-20-13-6-7-14-21(20)30(23(31)17-28-25(32)22-15-8-16-34-22)24(18-9-2-1-3-10-18)26(33)29-19-11-4-5-12-19/h1-3,6-10,13-16,19,24H,4-5,11-12,17H2,(H,28,32)(H,29,33)/t24-/m1/s1. The van der Waals surface area contributed by atoms with Gasteiger partial charge in [0.1, 0.15) is 11.9 Å². The quantitative estimate of drug-likeness (QED) is 0.501. The van der Waals surface area contributed by atoms with Crippen LogP contribution in [-0.2, 0) is 9.59 Å². The van der Waals surface area contributed by atoms with Crippen LogP contribution >= 0.6 is 11.3 Å². The Balaban J connectivity index is 1.67. The molecule has 34 heavy (non-hydrogen) atoms. The van der Waals surface area contributed by atoms with Crippen molar-refractivity contribution >= 4 is 34.7 Å². The summed E-state index contributed by atoms with van der Waals surface area (Å²) in [6.45, 7) is -0.384. The van der Waals surface area contributed by atoms with Crippen molar-refractivity contribution in [1.82, 2.24) is 10.6 Å². The first-order valence-corrected chi connectivity index (χ1v) is 12.2. The van der Waals surface area contributed by atoms with Crippen LogP contribution in [0.5, 0.6) is 0 Å². The Morgan fingerprint density at radius 2 is 1.68 bits per heavy atom. The summed E-state index contributed by atoms with van der Waals surface area (Å²) in [6.07, 6.45) is 3.81. The van der Waals surface area contributed by atoms with E-state index in [0.717, 1.165) is 30.6 Å². The van der Waals surface area contributed by atoms with Crippen LogP contribution in [0.1, 0.15) is 47.0 Å². The Labute approximate surface area is 201 Å². The third-order valence-corrected chi connectivity index (χ3v) is 6.72. The molecule has 8 heteroatoms. The number of hydrogen-bond acceptors (Lipinski definition) is 4. The van der Waals surface area contributed by atoms with Gasteiger partial charge in [0.25, 0.3) is 5.91 Å². The third kappa shape index (κ3) is 5.51. The van der Waals surface area contributed by atoms with Crippen LogP contribution in [0.2, 0.25) is 0 Å². The van der Waals surface area contributed by atoms with Crippen LogP contribution in [0.4, 0.5) is 10.1 Å². The van der Waals surface area contributed by atoms with Crippen LogP contribution in [0.25, 0.3) is 0 Å². The molecule has 3 aromatic rings. The highest BCUT2D eigenvalue weighted by atomic mass is 32.1. The number of thiophene rings is 1. The summed E-state index contributed by atoms with van der Waals surface area (Å²) in [7, 11) is 0. The van der Waals surface area contributed by atoms with Crippen molar-refractivity contribution in [3.63, 3.8) is 0 Å². The highest BCUT2D eigenvalue weighted by molar-refractivity contribution is 7.12. The number of nitrogens with zero attached hydrogens (tertiary/aromatic N) is 1. The lowest BCUT2D eigenvalue weighted by Gasteiger charge is -2.32. The molecular formula is C26H26FN3O3S. The second-order valence-electron chi connectivity index (χ2n) is 8.18. The zero-order chi connectivity index (χ0) is 23.9. The number of nitrogens with one attached hydrogen (secondary N) is 2. The van der Waals surface area contributed by atoms with Crippen LogP contribution in [0, 0.1) is 5.82 Å². The fourth-order valence-electron chi connectivity index (χ4n) is 4.20. The molecule has 1 heterocycles. The van der Waals surface area contributed by atoms with Crippen molar-refractivity contribution in [3.05, 3.63) is 88.4 Å². The van der Waals surface area contributed by atoms with Crippen LogP contribution in [-0.4, -0.2) is 30.3 Å². The lowest BCUT2D eigenvalue weighted by molar-refractivity contribution is -0.126. The molecule has 0 saturated heterocycles. The minimum Gasteiger partial charge on any atom is -0.351 e. The Bertz CT molecular complexity index is 1130. The van der Waals surface area contributed by atoms with E-state index in [9.17, 15) is 18.8 Å². The molecule has 1 atom stereocenters. The highest BCUT2D eigenvalue weighted by Crippen LogP contribution is 2.31. The molecule has 0 spiro atoms. The summed E-state index contributed by atoms with van der Waals surface area (Å²) in [5.41, 5.74) is 0.535. The average Bonchev–Trinajstić information content (AvgIpc) is 3.56. The number of halogens is 1. The minimum atomic E-state index is -1.09. The molecule has 0 radical (unpaired) electrons. The van der Waals surface area contributed by atoms with E-state index < -0.39 is 23.7 Å². The molecule has 0 aliphatic heterocycles. The maximum Gasteiger partial charge on any atom is 0.261 e. The van der Waals surface area contributed by atoms with Crippen molar-refractivity contribution in [2.75, 3.05) is 11.4 Å². The van der Waals surface area contributed by atoms with E-state index in [4.69, 9.17) is 0 Å². The predicted octanol–water partition coefficient (Wildman–Crippen LogP) is 4.45. The van der Waals surface area contributed by atoms with Crippen molar-refractivity contribution in [2.45, 2.75) is 37.8 Å². The monoisotopic (exact) mass is 479 g/mol. The molecule has 4 rings (SSSR count). The summed E-state index contributed by atoms with van der Waals surface area (Å²) in [4.78, 5) is 41.1. The summed E-state index contributed by atoms with van der Waals surface area (Å²) in [6, 6.07) is 17.0. The third-order valence-electron chi connectivity index (χ3n) is 5.85. The number of benzene rings is 2. The lowest BCUT2D eigenvalue weighted by atomic mass is 10.0. The highest BCUT2D eigenvalue weighted by Gasteiger charge is 2.35. The summed E-state index contributed by atoms with van der Waals surface area (Å²) < 4.78 is 15.0. The number of anilines is 1. The van der Waals surface area contributed by atoms with Crippen LogP contribution < -0.4 is 15.5 Å². The van der Waals surface area contributed by atoms with Gasteiger partial charge >= 0.3 is 0 Å². The fraction of sp³-hybridized carbons (Fsp3) is 0.269. The molecule has 1 aliphatic rings. The van der Waals surface area contributed by atoms with Gasteiger partial charge in [0.2, 0.25) is 11.8 Å². The number of amides is 3. The van der Waals surface area contributed by atoms with Gasteiger partial charge in [0.05, 0.1) is 17.1 Å². The maximum absolute atomic E-state index is 15.0. The summed E-state index contributed by atoms with van der Waals surface area (Å²) >= 11 is 1.25. The van der Waals surface area contributed by atoms with E-state index in [2.05, 4.69) is 10.6 Å². The van der Waals surface area contributed by atoms with Gasteiger partial charge in [-0.05, 0) is 42.0 Å². The predicted molar refractivity (Wildman–Crippen MR) is 130 cm³/mol. The molecule has 2 aromatic carbocycles. The van der Waals surface area contributed by atoms with Gasteiger partial charge in [-0.3, -0.25) is 19.3 Å². The van der Waals surface area contributed by atoms with Crippen LogP contribution in [0.3, 0.4) is 0 Å². The fourth-order valence-corrected chi connectivity index (χ4v) is 4.84. The normalized spacial score (nSPS) is 14.4. The molecule has 6 nitrogen and oxygen atoms in total.